The molecule has 0 spiro atoms. The van der Waals surface area contributed by atoms with E-state index in [4.69, 9.17) is 5.73 Å². The highest BCUT2D eigenvalue weighted by Gasteiger charge is 2.52. The van der Waals surface area contributed by atoms with Crippen molar-refractivity contribution in [3.63, 3.8) is 0 Å². The highest BCUT2D eigenvalue weighted by atomic mass is 16.2. The minimum Gasteiger partial charge on any atom is -0.342 e. The van der Waals surface area contributed by atoms with E-state index in [1.165, 1.54) is 19.3 Å². The first-order valence-corrected chi connectivity index (χ1v) is 9.61. The smallest absolute Gasteiger partial charge is 0.311 e. The fraction of sp³-hybridized carbons (Fsp3) is 0.889. The molecular formula is C18H30N4O2. The minimum atomic E-state index is -0.371. The van der Waals surface area contributed by atoms with Gasteiger partial charge in [0.1, 0.15) is 0 Å². The van der Waals surface area contributed by atoms with Gasteiger partial charge >= 0.3 is 11.8 Å². The van der Waals surface area contributed by atoms with Gasteiger partial charge in [-0.15, -0.1) is 0 Å². The van der Waals surface area contributed by atoms with Gasteiger partial charge in [-0.05, 0) is 56.3 Å². The molecule has 4 bridgehead atoms. The Morgan fingerprint density at radius 2 is 1.50 bits per heavy atom. The highest BCUT2D eigenvalue weighted by Crippen LogP contribution is 2.55. The van der Waals surface area contributed by atoms with Gasteiger partial charge in [0, 0.05) is 44.8 Å². The second-order valence-corrected chi connectivity index (χ2v) is 8.57. The molecule has 3 N–H and O–H groups in total. The summed E-state index contributed by atoms with van der Waals surface area (Å²) in [4.78, 5) is 29.1. The molecule has 1 heterocycles. The summed E-state index contributed by atoms with van der Waals surface area (Å²) in [6, 6.07) is 0. The molecule has 4 aliphatic carbocycles. The molecule has 2 amide bonds. The van der Waals surface area contributed by atoms with Crippen LogP contribution in [0.4, 0.5) is 0 Å². The van der Waals surface area contributed by atoms with E-state index in [-0.39, 0.29) is 17.4 Å². The molecule has 6 heteroatoms. The molecule has 24 heavy (non-hydrogen) atoms. The average molecular weight is 334 g/mol. The van der Waals surface area contributed by atoms with Crippen molar-refractivity contribution in [3.05, 3.63) is 0 Å². The second-order valence-electron chi connectivity index (χ2n) is 8.57. The lowest BCUT2D eigenvalue weighted by Crippen LogP contribution is -2.62. The molecule has 1 saturated heterocycles. The molecule has 0 aromatic carbocycles. The maximum atomic E-state index is 12.6. The van der Waals surface area contributed by atoms with Gasteiger partial charge in [0.2, 0.25) is 0 Å². The van der Waals surface area contributed by atoms with Crippen LogP contribution in [-0.2, 0) is 9.59 Å². The molecule has 0 radical (unpaired) electrons. The summed E-state index contributed by atoms with van der Waals surface area (Å²) >= 11 is 0. The fourth-order valence-electron chi connectivity index (χ4n) is 6.06. The lowest BCUT2D eigenvalue weighted by molar-refractivity contribution is -0.149. The maximum Gasteiger partial charge on any atom is 0.311 e. The second kappa shape index (κ2) is 6.30. The first kappa shape index (κ1) is 16.3. The zero-order chi connectivity index (χ0) is 16.7. The van der Waals surface area contributed by atoms with Crippen molar-refractivity contribution in [3.8, 4) is 0 Å². The molecule has 4 saturated carbocycles. The van der Waals surface area contributed by atoms with Crippen LogP contribution in [0.25, 0.3) is 0 Å². The van der Waals surface area contributed by atoms with Crippen molar-refractivity contribution < 1.29 is 9.59 Å². The van der Waals surface area contributed by atoms with Crippen LogP contribution in [0.5, 0.6) is 0 Å². The van der Waals surface area contributed by atoms with Gasteiger partial charge in [-0.2, -0.15) is 0 Å². The van der Waals surface area contributed by atoms with Crippen molar-refractivity contribution in [2.45, 2.75) is 44.1 Å². The summed E-state index contributed by atoms with van der Waals surface area (Å²) in [5.74, 6) is 1.60. The van der Waals surface area contributed by atoms with Crippen LogP contribution >= 0.6 is 0 Å². The summed E-state index contributed by atoms with van der Waals surface area (Å²) in [6.07, 6.45) is 7.28. The van der Waals surface area contributed by atoms with Crippen LogP contribution in [0.1, 0.15) is 38.5 Å². The summed E-state index contributed by atoms with van der Waals surface area (Å²) in [5.41, 5.74) is 5.50. The Kier molecular flexibility index (Phi) is 4.29. The van der Waals surface area contributed by atoms with Gasteiger partial charge in [0.25, 0.3) is 0 Å². The quantitative estimate of drug-likeness (QED) is 0.722. The zero-order valence-electron chi connectivity index (χ0n) is 14.5. The molecule has 5 aliphatic rings. The van der Waals surface area contributed by atoms with Crippen molar-refractivity contribution in [2.24, 2.45) is 23.5 Å². The summed E-state index contributed by atoms with van der Waals surface area (Å²) in [7, 11) is 0. The van der Waals surface area contributed by atoms with Crippen molar-refractivity contribution in [2.75, 3.05) is 39.3 Å². The number of amides is 2. The Morgan fingerprint density at radius 1 is 0.958 bits per heavy atom. The molecular weight excluding hydrogens is 304 g/mol. The molecule has 1 aliphatic heterocycles. The lowest BCUT2D eigenvalue weighted by Gasteiger charge is -2.56. The molecule has 134 valence electrons. The summed E-state index contributed by atoms with van der Waals surface area (Å²) in [6.45, 7) is 4.39. The van der Waals surface area contributed by atoms with Gasteiger partial charge in [0.15, 0.2) is 0 Å². The van der Waals surface area contributed by atoms with Crippen LogP contribution in [0.15, 0.2) is 0 Å². The molecule has 0 aromatic heterocycles. The number of carbonyl (C=O) groups excluding carboxylic acids is 2. The van der Waals surface area contributed by atoms with Crippen LogP contribution in [0, 0.1) is 17.8 Å². The Balaban J connectivity index is 1.34. The Hall–Kier alpha value is -1.14. The normalized spacial score (nSPS) is 38.4. The largest absolute Gasteiger partial charge is 0.342 e. The van der Waals surface area contributed by atoms with Gasteiger partial charge in [-0.25, -0.2) is 0 Å². The third-order valence-electron chi connectivity index (χ3n) is 6.72. The summed E-state index contributed by atoms with van der Waals surface area (Å²) in [5, 5.41) is 3.19. The van der Waals surface area contributed by atoms with E-state index >= 15 is 0 Å². The third kappa shape index (κ3) is 3.06. The number of hydrogen-bond donors (Lipinski definition) is 2. The predicted octanol–water partition coefficient (Wildman–Crippen LogP) is 0.174. The van der Waals surface area contributed by atoms with Crippen molar-refractivity contribution in [1.29, 1.82) is 0 Å². The Labute approximate surface area is 144 Å². The average Bonchev–Trinajstić information content (AvgIpc) is 2.53. The van der Waals surface area contributed by atoms with Crippen molar-refractivity contribution in [1.82, 2.24) is 15.1 Å². The third-order valence-corrected chi connectivity index (χ3v) is 6.72. The highest BCUT2D eigenvalue weighted by molar-refractivity contribution is 6.35. The van der Waals surface area contributed by atoms with E-state index in [0.717, 1.165) is 56.7 Å². The van der Waals surface area contributed by atoms with Gasteiger partial charge in [-0.1, -0.05) is 0 Å². The maximum absolute atomic E-state index is 12.6. The van der Waals surface area contributed by atoms with Crippen LogP contribution in [0.2, 0.25) is 0 Å². The van der Waals surface area contributed by atoms with Crippen LogP contribution in [-0.4, -0.2) is 66.4 Å². The molecule has 5 fully saturated rings. The molecule has 5 rings (SSSR count). The van der Waals surface area contributed by atoms with E-state index in [1.54, 1.807) is 4.90 Å². The van der Waals surface area contributed by atoms with Crippen LogP contribution < -0.4 is 11.1 Å². The minimum absolute atomic E-state index is 0.0805. The lowest BCUT2D eigenvalue weighted by atomic mass is 9.53. The van der Waals surface area contributed by atoms with Crippen LogP contribution in [0.3, 0.4) is 0 Å². The number of piperazine rings is 1. The first-order chi connectivity index (χ1) is 11.6. The van der Waals surface area contributed by atoms with Gasteiger partial charge in [0.05, 0.1) is 0 Å². The van der Waals surface area contributed by atoms with E-state index in [0.29, 0.717) is 19.6 Å². The standard InChI is InChI=1S/C18H30N4O2/c19-1-2-21-3-5-22(6-4-21)17(24)16(23)20-18-10-13-7-14(11-18)9-15(8-13)12-18/h13-15H,1-12,19H2,(H,20,23). The van der Waals surface area contributed by atoms with E-state index < -0.39 is 0 Å². The SMILES string of the molecule is NCCN1CCN(C(=O)C(=O)NC23CC4CC(CC(C4)C2)C3)CC1. The number of nitrogens with zero attached hydrogens (tertiary/aromatic N) is 2. The van der Waals surface area contributed by atoms with E-state index in [1.807, 2.05) is 0 Å². The Bertz CT molecular complexity index is 478. The first-order valence-electron chi connectivity index (χ1n) is 9.61. The topological polar surface area (TPSA) is 78.7 Å². The molecule has 0 aromatic rings. The number of rotatable bonds is 3. The zero-order valence-corrected chi connectivity index (χ0v) is 14.5. The molecule has 0 unspecified atom stereocenters. The number of hydrogen-bond acceptors (Lipinski definition) is 4. The van der Waals surface area contributed by atoms with Crippen molar-refractivity contribution >= 4 is 11.8 Å². The van der Waals surface area contributed by atoms with E-state index in [9.17, 15) is 9.59 Å². The molecule has 6 nitrogen and oxygen atoms in total. The number of nitrogens with one attached hydrogen (secondary N) is 1. The fourth-order valence-corrected chi connectivity index (χ4v) is 6.06. The van der Waals surface area contributed by atoms with Gasteiger partial charge in [-0.3, -0.25) is 14.5 Å². The monoisotopic (exact) mass is 334 g/mol. The predicted molar refractivity (Wildman–Crippen MR) is 91.1 cm³/mol. The van der Waals surface area contributed by atoms with E-state index in [2.05, 4.69) is 10.2 Å². The Morgan fingerprint density at radius 3 is 2.00 bits per heavy atom. The van der Waals surface area contributed by atoms with Gasteiger partial charge < -0.3 is 16.0 Å². The molecule has 0 atom stereocenters. The number of carbonyl (C=O) groups is 2. The number of nitrogens with two attached hydrogens (primary N) is 1. The summed E-state index contributed by atoms with van der Waals surface area (Å²) < 4.78 is 0.